The second kappa shape index (κ2) is 7.33. The molecule has 134 valence electrons. The van der Waals surface area contributed by atoms with E-state index in [0.29, 0.717) is 42.6 Å². The highest BCUT2D eigenvalue weighted by Gasteiger charge is 2.26. The molecule has 1 aromatic heterocycles. The Hall–Kier alpha value is -2.25. The summed E-state index contributed by atoms with van der Waals surface area (Å²) < 4.78 is 1.35. The standard InChI is InChI=1S/C18H24N4O3/c1-3-22-17(24)15-7-5-4-6-14(15)16(19-22)18(25)21-10-8-20(9-11-21)12-13(2)23/h4-7,13,23H,3,8-12H2,1-2H3/t13-/m1/s1. The summed E-state index contributed by atoms with van der Waals surface area (Å²) >= 11 is 0. The molecule has 0 spiro atoms. The van der Waals surface area contributed by atoms with E-state index in [1.54, 1.807) is 30.0 Å². The highest BCUT2D eigenvalue weighted by atomic mass is 16.3. The lowest BCUT2D eigenvalue weighted by atomic mass is 10.1. The van der Waals surface area contributed by atoms with Gasteiger partial charge in [-0.05, 0) is 19.9 Å². The molecule has 1 aromatic carbocycles. The Morgan fingerprint density at radius 1 is 1.20 bits per heavy atom. The number of aliphatic hydroxyl groups is 1. The molecule has 1 atom stereocenters. The molecular formula is C18H24N4O3. The van der Waals surface area contributed by atoms with Crippen molar-refractivity contribution in [2.75, 3.05) is 32.7 Å². The number of β-amino-alcohol motifs (C(OH)–C–C–N with tert-alkyl or cyclic N) is 1. The third-order valence-corrected chi connectivity index (χ3v) is 4.55. The zero-order valence-corrected chi connectivity index (χ0v) is 14.7. The molecule has 1 aliphatic rings. The molecular weight excluding hydrogens is 320 g/mol. The summed E-state index contributed by atoms with van der Waals surface area (Å²) in [6, 6.07) is 7.13. The minimum absolute atomic E-state index is 0.143. The number of piperazine rings is 1. The fourth-order valence-corrected chi connectivity index (χ4v) is 3.26. The molecule has 25 heavy (non-hydrogen) atoms. The molecule has 1 aliphatic heterocycles. The van der Waals surface area contributed by atoms with Crippen LogP contribution in [-0.4, -0.2) is 69.4 Å². The van der Waals surface area contributed by atoms with Gasteiger partial charge >= 0.3 is 0 Å². The normalized spacial score (nSPS) is 17.0. The predicted molar refractivity (Wildman–Crippen MR) is 95.7 cm³/mol. The SMILES string of the molecule is CCn1nc(C(=O)N2CCN(C[C@@H](C)O)CC2)c2ccccc2c1=O. The van der Waals surface area contributed by atoms with Gasteiger partial charge in [-0.15, -0.1) is 0 Å². The van der Waals surface area contributed by atoms with Gasteiger partial charge in [0.15, 0.2) is 5.69 Å². The number of aryl methyl sites for hydroxylation is 1. The Labute approximate surface area is 146 Å². The zero-order chi connectivity index (χ0) is 18.0. The van der Waals surface area contributed by atoms with Crippen LogP contribution in [0.1, 0.15) is 24.3 Å². The topological polar surface area (TPSA) is 78.7 Å². The van der Waals surface area contributed by atoms with Crippen molar-refractivity contribution in [2.45, 2.75) is 26.5 Å². The molecule has 7 heteroatoms. The molecule has 1 N–H and O–H groups in total. The van der Waals surface area contributed by atoms with E-state index in [-0.39, 0.29) is 17.6 Å². The summed E-state index contributed by atoms with van der Waals surface area (Å²) in [5.74, 6) is -0.143. The van der Waals surface area contributed by atoms with Gasteiger partial charge in [0.1, 0.15) is 0 Å². The van der Waals surface area contributed by atoms with Crippen molar-refractivity contribution >= 4 is 16.7 Å². The van der Waals surface area contributed by atoms with E-state index in [4.69, 9.17) is 0 Å². The van der Waals surface area contributed by atoms with Crippen molar-refractivity contribution in [3.05, 3.63) is 40.3 Å². The van der Waals surface area contributed by atoms with Gasteiger partial charge in [0.25, 0.3) is 11.5 Å². The first-order valence-corrected chi connectivity index (χ1v) is 8.70. The third kappa shape index (κ3) is 3.57. The quantitative estimate of drug-likeness (QED) is 0.877. The summed E-state index contributed by atoms with van der Waals surface area (Å²) in [5.41, 5.74) is 0.164. The molecule has 0 unspecified atom stereocenters. The number of fused-ring (bicyclic) bond motifs is 1. The lowest BCUT2D eigenvalue weighted by Crippen LogP contribution is -2.50. The molecule has 0 bridgehead atoms. The van der Waals surface area contributed by atoms with E-state index < -0.39 is 0 Å². The summed E-state index contributed by atoms with van der Waals surface area (Å²) in [5, 5.41) is 14.9. The van der Waals surface area contributed by atoms with Crippen LogP contribution in [0.5, 0.6) is 0 Å². The van der Waals surface area contributed by atoms with E-state index in [9.17, 15) is 14.7 Å². The lowest BCUT2D eigenvalue weighted by Gasteiger charge is -2.35. The number of nitrogens with zero attached hydrogens (tertiary/aromatic N) is 4. The van der Waals surface area contributed by atoms with Crippen LogP contribution in [0.3, 0.4) is 0 Å². The third-order valence-electron chi connectivity index (χ3n) is 4.55. The van der Waals surface area contributed by atoms with Crippen LogP contribution in [0.2, 0.25) is 0 Å². The fourth-order valence-electron chi connectivity index (χ4n) is 3.26. The average Bonchev–Trinajstić information content (AvgIpc) is 2.62. The first-order chi connectivity index (χ1) is 12.0. The van der Waals surface area contributed by atoms with Crippen LogP contribution < -0.4 is 5.56 Å². The summed E-state index contributed by atoms with van der Waals surface area (Å²) in [4.78, 5) is 29.3. The number of carbonyl (C=O) groups excluding carboxylic acids is 1. The number of amides is 1. The number of hydrogen-bond acceptors (Lipinski definition) is 5. The van der Waals surface area contributed by atoms with Gasteiger partial charge in [-0.2, -0.15) is 5.10 Å². The number of aliphatic hydroxyl groups excluding tert-OH is 1. The highest BCUT2D eigenvalue weighted by Crippen LogP contribution is 2.16. The minimum Gasteiger partial charge on any atom is -0.392 e. The average molecular weight is 344 g/mol. The molecule has 1 fully saturated rings. The molecule has 7 nitrogen and oxygen atoms in total. The van der Waals surface area contributed by atoms with Crippen LogP contribution in [0.15, 0.2) is 29.1 Å². The van der Waals surface area contributed by atoms with E-state index in [1.807, 2.05) is 13.0 Å². The van der Waals surface area contributed by atoms with E-state index in [2.05, 4.69) is 10.00 Å². The minimum atomic E-state index is -0.374. The largest absolute Gasteiger partial charge is 0.392 e. The van der Waals surface area contributed by atoms with Gasteiger partial charge in [-0.1, -0.05) is 18.2 Å². The summed E-state index contributed by atoms with van der Waals surface area (Å²) in [6.07, 6.45) is -0.374. The van der Waals surface area contributed by atoms with Gasteiger partial charge in [0.2, 0.25) is 0 Å². The molecule has 0 saturated carbocycles. The van der Waals surface area contributed by atoms with Crippen LogP contribution in [0.25, 0.3) is 10.8 Å². The van der Waals surface area contributed by atoms with E-state index in [1.165, 1.54) is 4.68 Å². The Bertz CT molecular complexity index is 823. The number of rotatable bonds is 4. The first kappa shape index (κ1) is 17.6. The van der Waals surface area contributed by atoms with Gasteiger partial charge in [0, 0.05) is 44.7 Å². The second-order valence-corrected chi connectivity index (χ2v) is 6.46. The number of carbonyl (C=O) groups is 1. The van der Waals surface area contributed by atoms with Gasteiger partial charge in [0.05, 0.1) is 11.5 Å². The molecule has 1 saturated heterocycles. The zero-order valence-electron chi connectivity index (χ0n) is 14.7. The maximum atomic E-state index is 13.0. The Morgan fingerprint density at radius 2 is 1.84 bits per heavy atom. The van der Waals surface area contributed by atoms with Gasteiger partial charge in [-0.3, -0.25) is 14.5 Å². The maximum absolute atomic E-state index is 13.0. The van der Waals surface area contributed by atoms with Crippen LogP contribution >= 0.6 is 0 Å². The van der Waals surface area contributed by atoms with Crippen molar-refractivity contribution in [1.29, 1.82) is 0 Å². The number of benzene rings is 1. The molecule has 2 aromatic rings. The van der Waals surface area contributed by atoms with Crippen molar-refractivity contribution in [3.63, 3.8) is 0 Å². The van der Waals surface area contributed by atoms with Crippen molar-refractivity contribution in [3.8, 4) is 0 Å². The molecule has 0 aliphatic carbocycles. The monoisotopic (exact) mass is 344 g/mol. The second-order valence-electron chi connectivity index (χ2n) is 6.46. The Morgan fingerprint density at radius 3 is 2.44 bits per heavy atom. The van der Waals surface area contributed by atoms with E-state index in [0.717, 1.165) is 13.1 Å². The Balaban J connectivity index is 1.88. The molecule has 2 heterocycles. The van der Waals surface area contributed by atoms with Crippen molar-refractivity contribution in [2.24, 2.45) is 0 Å². The van der Waals surface area contributed by atoms with Crippen molar-refractivity contribution < 1.29 is 9.90 Å². The predicted octanol–water partition coefficient (Wildman–Crippen LogP) is 0.555. The maximum Gasteiger partial charge on any atom is 0.275 e. The van der Waals surface area contributed by atoms with Crippen LogP contribution in [-0.2, 0) is 6.54 Å². The van der Waals surface area contributed by atoms with Gasteiger partial charge in [-0.25, -0.2) is 4.68 Å². The highest BCUT2D eigenvalue weighted by molar-refractivity contribution is 6.04. The van der Waals surface area contributed by atoms with Crippen molar-refractivity contribution in [1.82, 2.24) is 19.6 Å². The number of aromatic nitrogens is 2. The Kier molecular flexibility index (Phi) is 5.15. The molecule has 0 radical (unpaired) electrons. The van der Waals surface area contributed by atoms with Gasteiger partial charge < -0.3 is 10.0 Å². The van der Waals surface area contributed by atoms with E-state index >= 15 is 0 Å². The molecule has 1 amide bonds. The first-order valence-electron chi connectivity index (χ1n) is 8.70. The number of hydrogen-bond donors (Lipinski definition) is 1. The fraction of sp³-hybridized carbons (Fsp3) is 0.500. The summed E-state index contributed by atoms with van der Waals surface area (Å²) in [6.45, 7) is 7.27. The lowest BCUT2D eigenvalue weighted by molar-refractivity contribution is 0.0549. The molecule has 3 rings (SSSR count). The smallest absolute Gasteiger partial charge is 0.275 e. The van der Waals surface area contributed by atoms with Crippen LogP contribution in [0, 0.1) is 0 Å². The van der Waals surface area contributed by atoms with Crippen LogP contribution in [0.4, 0.5) is 0 Å². The summed E-state index contributed by atoms with van der Waals surface area (Å²) in [7, 11) is 0.